The number of aliphatic hydroxyl groups is 2. The first-order valence-electron chi connectivity index (χ1n) is 18.8. The molecule has 4 heterocycles. The quantitative estimate of drug-likeness (QED) is 0.0236. The van der Waals surface area contributed by atoms with Crippen molar-refractivity contribution in [3.8, 4) is 11.8 Å². The van der Waals surface area contributed by atoms with Gasteiger partial charge in [0.15, 0.2) is 0 Å². The summed E-state index contributed by atoms with van der Waals surface area (Å²) in [4.78, 5) is 135. The van der Waals surface area contributed by atoms with Gasteiger partial charge in [0.2, 0.25) is 5.91 Å². The number of ether oxygens (including phenoxy) is 2. The number of phosphoric acid groups is 6. The van der Waals surface area contributed by atoms with Crippen LogP contribution >= 0.6 is 69.5 Å². The van der Waals surface area contributed by atoms with Crippen LogP contribution in [0, 0.1) is 15.4 Å². The third-order valence-corrected chi connectivity index (χ3v) is 16.8. The first kappa shape index (κ1) is 62.0. The normalized spacial score (nSPS) is 24.4. The van der Waals surface area contributed by atoms with Gasteiger partial charge in [0.1, 0.15) is 30.2 Å². The second-order valence-corrected chi connectivity index (χ2v) is 23.9. The lowest BCUT2D eigenvalue weighted by Gasteiger charge is -2.19. The number of carbonyl (C=O) groups excluding carboxylic acids is 1. The SMILES string of the molecule is NCCCCC(N)C(=O)NCC#Cc1cn([C@H]2C[C@@H](O)[C@@H](COP(=O)(O)OP(=O)(O)OP(=O)(O)O)O2)c(=O)[nH]c1=O.O=c1[nH]c(=O)n([C@H]2C[C@@H](O)[C@@H](COP(=O)(O)OP(=O)(O)OP(=O)(O)O)O2)cc1I. The second-order valence-electron chi connectivity index (χ2n) is 13.9. The number of nitrogens with one attached hydrogen (secondary N) is 3. The van der Waals surface area contributed by atoms with E-state index in [1.807, 2.05) is 9.97 Å². The largest absolute Gasteiger partial charge is 0.490 e. The second kappa shape index (κ2) is 25.8. The lowest BCUT2D eigenvalue weighted by Crippen LogP contribution is -2.40. The van der Waals surface area contributed by atoms with E-state index >= 15 is 0 Å². The average Bonchev–Trinajstić information content (AvgIpc) is 3.75. The van der Waals surface area contributed by atoms with Crippen molar-refractivity contribution in [2.45, 2.75) is 75.0 Å². The van der Waals surface area contributed by atoms with Crippen LogP contribution in [-0.4, -0.2) is 131 Å². The van der Waals surface area contributed by atoms with Crippen LogP contribution in [0.1, 0.15) is 50.1 Å². The Hall–Kier alpha value is -2.30. The lowest BCUT2D eigenvalue weighted by molar-refractivity contribution is -0.122. The molecule has 5 unspecified atom stereocenters. The van der Waals surface area contributed by atoms with E-state index in [4.69, 9.17) is 45.4 Å². The molecule has 0 spiro atoms. The standard InChI is InChI=1S/C18H30N5O15P3.C9H14IN2O14P3/c19-6-2-1-5-12(20)17(26)21-7-3-4-11-9-23(18(27)22-16(11)25)15-8-13(24)14(36-15)10-35-40(31,32)38-41(33,34)37-39(28,29)30;10-4-2-12(9(15)11-8(4)14)7-1-5(13)6(24-7)3-23-28(19,20)26-29(21,22)25-27(16,17)18/h9,12-15,24H,1-2,5-8,10,19-20H2,(H,21,26)(H,31,32)(H,33,34)(H,22,25,27)(H2,28,29,30);2,5-7,13H,1,3H2,(H,19,20)(H,21,22)(H,11,14,15)(H2,16,17,18)/t12?,13-,14-,15-;5-,6-,7-/m11/s1. The molecule has 2 aliphatic heterocycles. The monoisotopic (exact) mass is 1240 g/mol. The first-order valence-corrected chi connectivity index (χ1v) is 29.0. The maximum Gasteiger partial charge on any atom is 0.490 e. The number of aromatic amines is 2. The number of unbranched alkanes of at least 4 members (excludes halogenated alkanes) is 1. The molecule has 11 atom stereocenters. The molecule has 2 saturated heterocycles. The van der Waals surface area contributed by atoms with Gasteiger partial charge in [-0.05, 0) is 42.0 Å². The maximum atomic E-state index is 12.3. The molecule has 2 aliphatic rings. The van der Waals surface area contributed by atoms with E-state index in [1.54, 1.807) is 22.6 Å². The molecule has 0 radical (unpaired) electrons. The number of halogens is 1. The molecule has 70 heavy (non-hydrogen) atoms. The van der Waals surface area contributed by atoms with Crippen molar-refractivity contribution in [3.05, 3.63) is 63.2 Å². The van der Waals surface area contributed by atoms with Crippen LogP contribution in [0.3, 0.4) is 0 Å². The van der Waals surface area contributed by atoms with Gasteiger partial charge in [-0.25, -0.2) is 37.0 Å². The number of amides is 1. The fourth-order valence-electron chi connectivity index (χ4n) is 5.52. The average molecular weight is 1240 g/mol. The molecule has 43 heteroatoms. The van der Waals surface area contributed by atoms with Crippen molar-refractivity contribution < 1.29 is 117 Å². The van der Waals surface area contributed by atoms with Crippen molar-refractivity contribution in [2.24, 2.45) is 11.5 Å². The zero-order valence-corrected chi connectivity index (χ0v) is 42.4. The van der Waals surface area contributed by atoms with Crippen LogP contribution in [0.5, 0.6) is 0 Å². The summed E-state index contributed by atoms with van der Waals surface area (Å²) in [5.74, 6) is 4.57. The van der Waals surface area contributed by atoms with E-state index < -0.39 is 131 Å². The van der Waals surface area contributed by atoms with E-state index in [0.29, 0.717) is 19.4 Å². The van der Waals surface area contributed by atoms with Gasteiger partial charge in [0, 0.05) is 25.2 Å². The van der Waals surface area contributed by atoms with E-state index in [0.717, 1.165) is 21.8 Å². The molecule has 2 fully saturated rings. The Bertz CT molecular complexity index is 2780. The number of hydrogen-bond donors (Lipinski definition) is 15. The van der Waals surface area contributed by atoms with E-state index in [1.165, 1.54) is 6.20 Å². The van der Waals surface area contributed by atoms with Crippen molar-refractivity contribution in [2.75, 3.05) is 26.3 Å². The number of H-pyrrole nitrogens is 2. The van der Waals surface area contributed by atoms with Crippen LogP contribution < -0.4 is 39.3 Å². The summed E-state index contributed by atoms with van der Waals surface area (Å²) in [6.45, 7) is -1.52. The Balaban J connectivity index is 0.000000392. The van der Waals surface area contributed by atoms with Gasteiger partial charge in [-0.3, -0.25) is 42.5 Å². The lowest BCUT2D eigenvalue weighted by atomic mass is 10.1. The zero-order chi connectivity index (χ0) is 53.2. The Kier molecular flexibility index (Phi) is 22.8. The number of nitrogens with zero attached hydrogens (tertiary/aromatic N) is 2. The minimum absolute atomic E-state index is 0.150. The zero-order valence-electron chi connectivity index (χ0n) is 34.9. The fraction of sp³-hybridized carbons (Fsp3) is 0.593. The topological polar surface area (TPSA) is 569 Å². The van der Waals surface area contributed by atoms with Crippen LogP contribution in [0.15, 0.2) is 31.6 Å². The molecule has 0 aromatic carbocycles. The number of phosphoric ester groups is 2. The number of nitrogens with two attached hydrogens (primary N) is 2. The van der Waals surface area contributed by atoms with Crippen LogP contribution in [0.25, 0.3) is 0 Å². The fourth-order valence-corrected chi connectivity index (χ4v) is 12.0. The van der Waals surface area contributed by atoms with Gasteiger partial charge in [-0.15, -0.1) is 0 Å². The molecule has 0 aliphatic carbocycles. The number of aromatic nitrogens is 4. The van der Waals surface area contributed by atoms with Gasteiger partial charge >= 0.3 is 58.3 Å². The third-order valence-electron chi connectivity index (χ3n) is 8.44. The summed E-state index contributed by atoms with van der Waals surface area (Å²) in [6.07, 6.45) is -4.23. The summed E-state index contributed by atoms with van der Waals surface area (Å²) in [7, 11) is -33.4. The van der Waals surface area contributed by atoms with E-state index in [9.17, 15) is 76.3 Å². The van der Waals surface area contributed by atoms with Crippen molar-refractivity contribution in [3.63, 3.8) is 0 Å². The Morgan fingerprint density at radius 2 is 1.19 bits per heavy atom. The van der Waals surface area contributed by atoms with Gasteiger partial charge in [-0.2, -0.15) is 17.2 Å². The molecule has 2 aromatic rings. The highest BCUT2D eigenvalue weighted by molar-refractivity contribution is 14.1. The van der Waals surface area contributed by atoms with Crippen LogP contribution in [0.4, 0.5) is 0 Å². The minimum Gasteiger partial charge on any atom is -0.390 e. The number of carbonyl (C=O) groups is 1. The molecule has 4 rings (SSSR count). The minimum atomic E-state index is -5.75. The van der Waals surface area contributed by atoms with Crippen LogP contribution in [0.2, 0.25) is 0 Å². The smallest absolute Gasteiger partial charge is 0.390 e. The number of rotatable bonds is 22. The predicted molar refractivity (Wildman–Crippen MR) is 235 cm³/mol. The van der Waals surface area contributed by atoms with Crippen LogP contribution in [-0.2, 0) is 67.9 Å². The molecule has 36 nitrogen and oxygen atoms in total. The summed E-state index contributed by atoms with van der Waals surface area (Å²) < 4.78 is 103. The van der Waals surface area contributed by atoms with Gasteiger partial charge < -0.3 is 75.6 Å². The molecule has 1 amide bonds. The summed E-state index contributed by atoms with van der Waals surface area (Å²) in [5, 5.41) is 22.7. The highest BCUT2D eigenvalue weighted by atomic mass is 127. The van der Waals surface area contributed by atoms with E-state index in [-0.39, 0.29) is 28.5 Å². The van der Waals surface area contributed by atoms with Crippen molar-refractivity contribution >= 4 is 75.4 Å². The first-order chi connectivity index (χ1) is 32.0. The van der Waals surface area contributed by atoms with Crippen molar-refractivity contribution in [1.82, 2.24) is 24.4 Å². The Morgan fingerprint density at radius 1 is 0.743 bits per heavy atom. The molecule has 0 bridgehead atoms. The maximum absolute atomic E-state index is 12.3. The van der Waals surface area contributed by atoms with Gasteiger partial charge in [-0.1, -0.05) is 18.3 Å². The molecular formula is C27H44IN7O29P6. The highest BCUT2D eigenvalue weighted by Gasteiger charge is 2.45. The summed E-state index contributed by atoms with van der Waals surface area (Å²) >= 11 is 1.66. The molecule has 2 aromatic heterocycles. The van der Waals surface area contributed by atoms with Gasteiger partial charge in [0.25, 0.3) is 11.1 Å². The number of aliphatic hydroxyl groups excluding tert-OH is 2. The molecule has 398 valence electrons. The van der Waals surface area contributed by atoms with E-state index in [2.05, 4.69) is 43.4 Å². The van der Waals surface area contributed by atoms with Crippen molar-refractivity contribution in [1.29, 1.82) is 0 Å². The summed E-state index contributed by atoms with van der Waals surface area (Å²) in [6, 6.07) is -0.760. The molecule has 0 saturated carbocycles. The summed E-state index contributed by atoms with van der Waals surface area (Å²) in [5.41, 5.74) is 7.68. The third kappa shape index (κ3) is 21.3. The number of hydrogen-bond acceptors (Lipinski definition) is 23. The highest BCUT2D eigenvalue weighted by Crippen LogP contribution is 2.67. The Morgan fingerprint density at radius 3 is 1.63 bits per heavy atom. The predicted octanol–water partition coefficient (Wildman–Crippen LogP) is -3.41. The Labute approximate surface area is 403 Å². The van der Waals surface area contributed by atoms with Gasteiger partial charge in [0.05, 0.1) is 41.6 Å². The molecule has 17 N–H and O–H groups in total. The molecular weight excluding hydrogens is 1200 g/mol.